The molecule has 0 bridgehead atoms. The highest BCUT2D eigenvalue weighted by atomic mass is 16.4. The lowest BCUT2D eigenvalue weighted by Crippen LogP contribution is -2.39. The minimum atomic E-state index is -0.993. The number of hydrogen-bond donors (Lipinski definition) is 2. The molecular weight excluding hydrogens is 208 g/mol. The number of aromatic carboxylic acids is 1. The van der Waals surface area contributed by atoms with Crippen molar-refractivity contribution in [3.05, 3.63) is 29.8 Å². The van der Waals surface area contributed by atoms with Crippen LogP contribution >= 0.6 is 0 Å². The molecule has 0 saturated carbocycles. The maximum absolute atomic E-state index is 11.5. The molecule has 0 heterocycles. The van der Waals surface area contributed by atoms with Gasteiger partial charge in [0.1, 0.15) is 0 Å². The molecule has 0 aliphatic rings. The van der Waals surface area contributed by atoms with Crippen LogP contribution in [0.4, 0.5) is 5.69 Å². The van der Waals surface area contributed by atoms with Crippen LogP contribution in [-0.4, -0.2) is 30.1 Å². The van der Waals surface area contributed by atoms with Gasteiger partial charge in [-0.05, 0) is 31.2 Å². The van der Waals surface area contributed by atoms with Gasteiger partial charge in [-0.25, -0.2) is 4.79 Å². The van der Waals surface area contributed by atoms with E-state index in [1.54, 1.807) is 26.1 Å². The Morgan fingerprint density at radius 2 is 1.81 bits per heavy atom. The molecule has 1 aromatic rings. The molecule has 86 valence electrons. The molecule has 1 atom stereocenters. The second kappa shape index (κ2) is 4.76. The van der Waals surface area contributed by atoms with Crippen LogP contribution in [0.2, 0.25) is 0 Å². The van der Waals surface area contributed by atoms with Gasteiger partial charge in [0, 0.05) is 12.7 Å². The Bertz CT molecular complexity index is 398. The highest BCUT2D eigenvalue weighted by Gasteiger charge is 2.15. The Kier molecular flexibility index (Phi) is 3.63. The minimum Gasteiger partial charge on any atom is -0.478 e. The van der Waals surface area contributed by atoms with Crippen molar-refractivity contribution in [2.45, 2.75) is 13.0 Å². The Labute approximate surface area is 93.5 Å². The number of rotatable bonds is 3. The summed E-state index contributed by atoms with van der Waals surface area (Å²) in [6, 6.07) is 5.46. The molecule has 5 nitrogen and oxygen atoms in total. The van der Waals surface area contributed by atoms with E-state index in [1.807, 2.05) is 0 Å². The first-order valence-corrected chi connectivity index (χ1v) is 4.80. The van der Waals surface area contributed by atoms with Crippen molar-refractivity contribution < 1.29 is 14.7 Å². The topological polar surface area (TPSA) is 83.6 Å². The summed E-state index contributed by atoms with van der Waals surface area (Å²) < 4.78 is 0. The van der Waals surface area contributed by atoms with Crippen molar-refractivity contribution in [2.75, 3.05) is 11.9 Å². The average molecular weight is 222 g/mol. The van der Waals surface area contributed by atoms with Gasteiger partial charge in [0.15, 0.2) is 0 Å². The van der Waals surface area contributed by atoms with E-state index in [1.165, 1.54) is 17.0 Å². The average Bonchev–Trinajstić information content (AvgIpc) is 2.27. The fraction of sp³-hybridized carbons (Fsp3) is 0.273. The van der Waals surface area contributed by atoms with Crippen LogP contribution in [0.1, 0.15) is 17.3 Å². The van der Waals surface area contributed by atoms with E-state index in [4.69, 9.17) is 10.8 Å². The van der Waals surface area contributed by atoms with Crippen LogP contribution in [0.15, 0.2) is 24.3 Å². The van der Waals surface area contributed by atoms with Gasteiger partial charge in [0.2, 0.25) is 5.91 Å². The first kappa shape index (κ1) is 12.2. The SMILES string of the molecule is C[C@@H](N)C(=O)N(C)c1ccc(C(=O)O)cc1. The molecule has 0 unspecified atom stereocenters. The fourth-order valence-corrected chi connectivity index (χ4v) is 1.26. The standard InChI is InChI=1S/C11H14N2O3/c1-7(12)10(14)13(2)9-5-3-8(4-6-9)11(15)16/h3-7H,12H2,1-2H3,(H,15,16)/t7-/m1/s1. The number of nitrogens with zero attached hydrogens (tertiary/aromatic N) is 1. The quantitative estimate of drug-likeness (QED) is 0.788. The van der Waals surface area contributed by atoms with E-state index in [0.29, 0.717) is 5.69 Å². The van der Waals surface area contributed by atoms with Crippen LogP contribution < -0.4 is 10.6 Å². The van der Waals surface area contributed by atoms with Gasteiger partial charge >= 0.3 is 5.97 Å². The summed E-state index contributed by atoms with van der Waals surface area (Å²) in [5, 5.41) is 8.71. The zero-order valence-corrected chi connectivity index (χ0v) is 9.18. The fourth-order valence-electron chi connectivity index (χ4n) is 1.26. The summed E-state index contributed by atoms with van der Waals surface area (Å²) in [6.07, 6.45) is 0. The normalized spacial score (nSPS) is 11.9. The Hall–Kier alpha value is -1.88. The Balaban J connectivity index is 2.89. The van der Waals surface area contributed by atoms with Crippen LogP contribution in [0, 0.1) is 0 Å². The molecule has 0 fully saturated rings. The highest BCUT2D eigenvalue weighted by Crippen LogP contribution is 2.14. The van der Waals surface area contributed by atoms with Gasteiger partial charge in [0.05, 0.1) is 11.6 Å². The first-order valence-electron chi connectivity index (χ1n) is 4.80. The third kappa shape index (κ3) is 2.58. The molecule has 0 saturated heterocycles. The van der Waals surface area contributed by atoms with Crippen molar-refractivity contribution in [1.82, 2.24) is 0 Å². The Morgan fingerprint density at radius 3 is 2.19 bits per heavy atom. The number of anilines is 1. The van der Waals surface area contributed by atoms with Crippen LogP contribution in [0.3, 0.4) is 0 Å². The van der Waals surface area contributed by atoms with Crippen LogP contribution in [0.25, 0.3) is 0 Å². The second-order valence-electron chi connectivity index (χ2n) is 3.54. The number of carbonyl (C=O) groups is 2. The summed E-state index contributed by atoms with van der Waals surface area (Å²) in [7, 11) is 1.60. The number of carbonyl (C=O) groups excluding carboxylic acids is 1. The molecular formula is C11H14N2O3. The van der Waals surface area contributed by atoms with Crippen molar-refractivity contribution in [1.29, 1.82) is 0 Å². The van der Waals surface area contributed by atoms with Crippen LogP contribution in [0.5, 0.6) is 0 Å². The van der Waals surface area contributed by atoms with E-state index in [-0.39, 0.29) is 11.5 Å². The molecule has 3 N–H and O–H groups in total. The number of amides is 1. The number of carboxylic acids is 1. The summed E-state index contributed by atoms with van der Waals surface area (Å²) in [5.74, 6) is -1.21. The maximum Gasteiger partial charge on any atom is 0.335 e. The number of benzene rings is 1. The zero-order valence-electron chi connectivity index (χ0n) is 9.18. The predicted octanol–water partition coefficient (Wildman–Crippen LogP) is 0.695. The zero-order chi connectivity index (χ0) is 12.3. The van der Waals surface area contributed by atoms with Crippen molar-refractivity contribution in [2.24, 2.45) is 5.73 Å². The lowest BCUT2D eigenvalue weighted by molar-refractivity contribution is -0.119. The number of likely N-dealkylation sites (N-methyl/N-ethyl adjacent to an activating group) is 1. The van der Waals surface area contributed by atoms with Crippen LogP contribution in [-0.2, 0) is 4.79 Å². The third-order valence-corrected chi connectivity index (χ3v) is 2.22. The van der Waals surface area contributed by atoms with Gasteiger partial charge in [-0.2, -0.15) is 0 Å². The second-order valence-corrected chi connectivity index (χ2v) is 3.54. The summed E-state index contributed by atoms with van der Waals surface area (Å²) in [4.78, 5) is 23.6. The molecule has 1 amide bonds. The van der Waals surface area contributed by atoms with Gasteiger partial charge < -0.3 is 15.7 Å². The predicted molar refractivity (Wildman–Crippen MR) is 60.5 cm³/mol. The Morgan fingerprint density at radius 1 is 1.31 bits per heavy atom. The van der Waals surface area contributed by atoms with Gasteiger partial charge in [-0.15, -0.1) is 0 Å². The smallest absolute Gasteiger partial charge is 0.335 e. The molecule has 1 aromatic carbocycles. The molecule has 0 aromatic heterocycles. The molecule has 5 heteroatoms. The van der Waals surface area contributed by atoms with E-state index < -0.39 is 12.0 Å². The summed E-state index contributed by atoms with van der Waals surface area (Å²) in [5.41, 5.74) is 6.27. The first-order chi connectivity index (χ1) is 7.43. The van der Waals surface area contributed by atoms with E-state index in [2.05, 4.69) is 0 Å². The molecule has 0 spiro atoms. The molecule has 0 aliphatic heterocycles. The largest absolute Gasteiger partial charge is 0.478 e. The number of hydrogen-bond acceptors (Lipinski definition) is 3. The van der Waals surface area contributed by atoms with E-state index in [0.717, 1.165) is 0 Å². The highest BCUT2D eigenvalue weighted by molar-refractivity contribution is 5.96. The maximum atomic E-state index is 11.5. The monoisotopic (exact) mass is 222 g/mol. The molecule has 16 heavy (non-hydrogen) atoms. The van der Waals surface area contributed by atoms with Gasteiger partial charge in [-0.1, -0.05) is 0 Å². The van der Waals surface area contributed by atoms with E-state index >= 15 is 0 Å². The van der Waals surface area contributed by atoms with Gasteiger partial charge in [-0.3, -0.25) is 4.79 Å². The lowest BCUT2D eigenvalue weighted by Gasteiger charge is -2.19. The molecule has 0 radical (unpaired) electrons. The van der Waals surface area contributed by atoms with E-state index in [9.17, 15) is 9.59 Å². The molecule has 0 aliphatic carbocycles. The number of nitrogens with two attached hydrogens (primary N) is 1. The molecule has 1 rings (SSSR count). The summed E-state index contributed by atoms with van der Waals surface area (Å²) in [6.45, 7) is 1.60. The van der Waals surface area contributed by atoms with Crippen molar-refractivity contribution >= 4 is 17.6 Å². The van der Waals surface area contributed by atoms with Gasteiger partial charge in [0.25, 0.3) is 0 Å². The number of carboxylic acid groups (broad SMARTS) is 1. The summed E-state index contributed by atoms with van der Waals surface area (Å²) >= 11 is 0. The van der Waals surface area contributed by atoms with Crippen molar-refractivity contribution in [3.63, 3.8) is 0 Å². The third-order valence-electron chi connectivity index (χ3n) is 2.22. The minimum absolute atomic E-state index is 0.186. The van der Waals surface area contributed by atoms with Crippen molar-refractivity contribution in [3.8, 4) is 0 Å². The lowest BCUT2D eigenvalue weighted by atomic mass is 10.2.